The van der Waals surface area contributed by atoms with E-state index in [0.717, 1.165) is 63.0 Å². The van der Waals surface area contributed by atoms with Crippen molar-refractivity contribution in [3.05, 3.63) is 83.0 Å². The molecule has 6 nitrogen and oxygen atoms in total. The number of hydrogen-bond acceptors (Lipinski definition) is 6. The number of Topliss-reactive ketones (excluding diaryl/α,β-unsaturated/α-hetero) is 1. The molecule has 2 rings (SSSR count). The van der Waals surface area contributed by atoms with E-state index in [1.807, 2.05) is 19.9 Å². The zero-order chi connectivity index (χ0) is 29.3. The summed E-state index contributed by atoms with van der Waals surface area (Å²) >= 11 is 0. The average molecular weight is 549 g/mol. The average Bonchev–Trinajstić information content (AvgIpc) is 2.92. The number of ether oxygens (including phenoxy) is 1. The van der Waals surface area contributed by atoms with E-state index in [-0.39, 0.29) is 35.3 Å². The summed E-state index contributed by atoms with van der Waals surface area (Å²) in [5, 5.41) is 20.3. The maximum atomic E-state index is 13.2. The van der Waals surface area contributed by atoms with Crippen molar-refractivity contribution in [2.75, 3.05) is 0 Å². The molecular weight excluding hydrogens is 504 g/mol. The number of aromatic hydroxyl groups is 2. The molecule has 1 aliphatic carbocycles. The van der Waals surface area contributed by atoms with Crippen molar-refractivity contribution in [1.29, 1.82) is 0 Å². The van der Waals surface area contributed by atoms with Crippen LogP contribution in [-0.2, 0) is 9.53 Å². The number of carbonyl (C=O) groups is 3. The molecule has 1 unspecified atom stereocenters. The first-order valence-corrected chi connectivity index (χ1v) is 14.4. The first kappa shape index (κ1) is 32.5. The zero-order valence-electron chi connectivity index (χ0n) is 24.2. The fourth-order valence-corrected chi connectivity index (χ4v) is 4.41. The number of rotatable bonds is 17. The lowest BCUT2D eigenvalue weighted by atomic mass is 9.85. The van der Waals surface area contributed by atoms with Gasteiger partial charge in [0.05, 0.1) is 11.1 Å². The van der Waals surface area contributed by atoms with Crippen molar-refractivity contribution in [3.63, 3.8) is 0 Å². The summed E-state index contributed by atoms with van der Waals surface area (Å²) in [7, 11) is 0. The van der Waals surface area contributed by atoms with Gasteiger partial charge in [-0.1, -0.05) is 74.3 Å². The third kappa shape index (κ3) is 10.8. The minimum Gasteiger partial charge on any atom is -0.507 e. The van der Waals surface area contributed by atoms with Crippen LogP contribution in [0.2, 0.25) is 0 Å². The number of carbonyl (C=O) groups excluding carboxylic acids is 3. The number of benzene rings is 1. The van der Waals surface area contributed by atoms with Crippen LogP contribution in [0.3, 0.4) is 0 Å². The first-order chi connectivity index (χ1) is 19.3. The Hall–Kier alpha value is -3.67. The van der Waals surface area contributed by atoms with E-state index in [4.69, 9.17) is 4.74 Å². The molecule has 40 heavy (non-hydrogen) atoms. The van der Waals surface area contributed by atoms with Crippen LogP contribution in [0.5, 0.6) is 11.5 Å². The Labute approximate surface area is 238 Å². The van der Waals surface area contributed by atoms with E-state index >= 15 is 0 Å². The van der Waals surface area contributed by atoms with Gasteiger partial charge in [-0.05, 0) is 70.6 Å². The number of phenolic OH excluding ortho intramolecular Hbond substituents is 2. The van der Waals surface area contributed by atoms with E-state index in [1.54, 1.807) is 0 Å². The minimum absolute atomic E-state index is 0.00104. The molecule has 1 aromatic rings. The van der Waals surface area contributed by atoms with Crippen LogP contribution < -0.4 is 0 Å². The van der Waals surface area contributed by atoms with Gasteiger partial charge in [0.25, 0.3) is 0 Å². The normalized spacial score (nSPS) is 14.1. The Morgan fingerprint density at radius 1 is 0.850 bits per heavy atom. The summed E-state index contributed by atoms with van der Waals surface area (Å²) in [6.45, 7) is 5.91. The van der Waals surface area contributed by atoms with Gasteiger partial charge in [-0.2, -0.15) is 0 Å². The molecule has 216 valence electrons. The topological polar surface area (TPSA) is 101 Å². The van der Waals surface area contributed by atoms with E-state index in [2.05, 4.69) is 43.4 Å². The number of esters is 1. The predicted octanol–water partition coefficient (Wildman–Crippen LogP) is 8.26. The SMILES string of the molecule is CC/C=C\C/C=C\C/C=C\CCCCCCCC(=O)OC(CC=C(C)C)C1=CC(=O)c2c(O)ccc(O)c2C1=O. The van der Waals surface area contributed by atoms with Crippen LogP contribution in [-0.4, -0.2) is 33.9 Å². The summed E-state index contributed by atoms with van der Waals surface area (Å²) in [6.07, 6.45) is 24.5. The number of phenols is 2. The number of ketones is 2. The summed E-state index contributed by atoms with van der Waals surface area (Å²) in [5.41, 5.74) is 0.486. The van der Waals surface area contributed by atoms with Crippen molar-refractivity contribution in [3.8, 4) is 11.5 Å². The molecule has 2 N–H and O–H groups in total. The highest BCUT2D eigenvalue weighted by Gasteiger charge is 2.35. The van der Waals surface area contributed by atoms with E-state index in [9.17, 15) is 24.6 Å². The molecule has 6 heteroatoms. The second-order valence-electron chi connectivity index (χ2n) is 10.2. The number of allylic oxidation sites excluding steroid dienone is 8. The van der Waals surface area contributed by atoms with Crippen molar-refractivity contribution in [2.24, 2.45) is 0 Å². The van der Waals surface area contributed by atoms with Gasteiger partial charge >= 0.3 is 5.97 Å². The molecule has 1 atom stereocenters. The molecule has 0 heterocycles. The van der Waals surface area contributed by atoms with Gasteiger partial charge in [-0.3, -0.25) is 14.4 Å². The van der Waals surface area contributed by atoms with Crippen molar-refractivity contribution >= 4 is 17.5 Å². The van der Waals surface area contributed by atoms with Crippen molar-refractivity contribution in [1.82, 2.24) is 0 Å². The highest BCUT2D eigenvalue weighted by Crippen LogP contribution is 2.36. The van der Waals surface area contributed by atoms with E-state index < -0.39 is 29.4 Å². The lowest BCUT2D eigenvalue weighted by Gasteiger charge is -2.23. The van der Waals surface area contributed by atoms with Gasteiger partial charge in [0.1, 0.15) is 17.6 Å². The smallest absolute Gasteiger partial charge is 0.306 e. The summed E-state index contributed by atoms with van der Waals surface area (Å²) < 4.78 is 5.68. The lowest BCUT2D eigenvalue weighted by Crippen LogP contribution is -2.29. The maximum Gasteiger partial charge on any atom is 0.306 e. The molecule has 1 aliphatic rings. The number of hydrogen-bond donors (Lipinski definition) is 2. The highest BCUT2D eigenvalue weighted by atomic mass is 16.5. The van der Waals surface area contributed by atoms with Gasteiger partial charge in [-0.15, -0.1) is 0 Å². The van der Waals surface area contributed by atoms with E-state index in [1.165, 1.54) is 12.1 Å². The predicted molar refractivity (Wildman–Crippen MR) is 160 cm³/mol. The van der Waals surface area contributed by atoms with Crippen LogP contribution in [0.4, 0.5) is 0 Å². The molecule has 0 saturated carbocycles. The molecule has 0 fully saturated rings. The fourth-order valence-electron chi connectivity index (χ4n) is 4.41. The Kier molecular flexibility index (Phi) is 14.5. The van der Waals surface area contributed by atoms with Crippen molar-refractivity contribution < 1.29 is 29.3 Å². The van der Waals surface area contributed by atoms with Crippen molar-refractivity contribution in [2.45, 2.75) is 97.5 Å². The molecule has 0 aliphatic heterocycles. The van der Waals surface area contributed by atoms with Gasteiger partial charge in [0, 0.05) is 18.4 Å². The van der Waals surface area contributed by atoms with Gasteiger partial charge < -0.3 is 14.9 Å². The maximum absolute atomic E-state index is 13.2. The fraction of sp³-hybridized carbons (Fsp3) is 0.441. The van der Waals surface area contributed by atoms with Gasteiger partial charge in [0.2, 0.25) is 0 Å². The molecule has 0 amide bonds. The third-order valence-corrected chi connectivity index (χ3v) is 6.58. The van der Waals surface area contributed by atoms with E-state index in [0.29, 0.717) is 6.42 Å². The monoisotopic (exact) mass is 548 g/mol. The quantitative estimate of drug-likeness (QED) is 0.0879. The lowest BCUT2D eigenvalue weighted by molar-refractivity contribution is -0.147. The Bertz CT molecular complexity index is 1160. The molecule has 0 saturated heterocycles. The van der Waals surface area contributed by atoms with Crippen LogP contribution in [0.1, 0.15) is 112 Å². The minimum atomic E-state index is -0.955. The van der Waals surface area contributed by atoms with Gasteiger partial charge in [0.15, 0.2) is 11.6 Å². The van der Waals surface area contributed by atoms with Crippen LogP contribution in [0.25, 0.3) is 0 Å². The molecule has 0 spiro atoms. The summed E-state index contributed by atoms with van der Waals surface area (Å²) in [6, 6.07) is 2.34. The largest absolute Gasteiger partial charge is 0.507 e. The highest BCUT2D eigenvalue weighted by molar-refractivity contribution is 6.27. The first-order valence-electron chi connectivity index (χ1n) is 14.4. The second-order valence-corrected chi connectivity index (χ2v) is 10.2. The molecular formula is C34H44O6. The summed E-state index contributed by atoms with van der Waals surface area (Å²) in [4.78, 5) is 38.6. The zero-order valence-corrected chi connectivity index (χ0v) is 24.2. The molecule has 0 bridgehead atoms. The molecule has 0 aromatic heterocycles. The van der Waals surface area contributed by atoms with Crippen LogP contribution >= 0.6 is 0 Å². The van der Waals surface area contributed by atoms with Crippen LogP contribution in [0, 0.1) is 0 Å². The number of fused-ring (bicyclic) bond motifs is 1. The Balaban J connectivity index is 1.79. The summed E-state index contributed by atoms with van der Waals surface area (Å²) in [5.74, 6) is -2.44. The van der Waals surface area contributed by atoms with Crippen LogP contribution in [0.15, 0.2) is 71.9 Å². The third-order valence-electron chi connectivity index (χ3n) is 6.58. The molecule has 1 aromatic carbocycles. The molecule has 0 radical (unpaired) electrons. The Morgan fingerprint density at radius 3 is 2.12 bits per heavy atom. The number of unbranched alkanes of at least 4 members (excludes halogenated alkanes) is 5. The Morgan fingerprint density at radius 2 is 1.45 bits per heavy atom. The standard InChI is InChI=1S/C34H44O6/c1-4-5-6-7-8-9-10-11-12-13-14-15-16-17-18-19-31(38)40-30(23-20-25(2)3)26-24-29(37)32-27(35)21-22-28(36)33(32)34(26)39/h5-6,8-9,11-12,20-22,24,30,35-36H,4,7,10,13-19,23H2,1-3H3/b6-5-,9-8-,12-11-. The van der Waals surface area contributed by atoms with Gasteiger partial charge in [-0.25, -0.2) is 0 Å². The second kappa shape index (κ2) is 17.8.